The van der Waals surface area contributed by atoms with Crippen molar-refractivity contribution in [1.29, 1.82) is 10.5 Å². The van der Waals surface area contributed by atoms with E-state index < -0.39 is 12.8 Å². The Hall–Kier alpha value is -4.45. The van der Waals surface area contributed by atoms with Gasteiger partial charge in [0.2, 0.25) is 6.43 Å². The van der Waals surface area contributed by atoms with Crippen LogP contribution in [0.2, 0.25) is 0 Å². The topological polar surface area (TPSA) is 136 Å². The number of nitrogens with one attached hydrogen (secondary N) is 1. The van der Waals surface area contributed by atoms with Crippen molar-refractivity contribution in [3.63, 3.8) is 0 Å². The summed E-state index contributed by atoms with van der Waals surface area (Å²) in [7, 11) is 0. The second-order valence-corrected chi connectivity index (χ2v) is 8.34. The summed E-state index contributed by atoms with van der Waals surface area (Å²) in [5, 5.41) is 24.4. The highest BCUT2D eigenvalue weighted by Gasteiger charge is 2.33. The fraction of sp³-hybridized carbons (Fsp3) is 0.348. The fourth-order valence-corrected chi connectivity index (χ4v) is 4.59. The molecule has 1 fully saturated rings. The third-order valence-electron chi connectivity index (χ3n) is 6.21. The van der Waals surface area contributed by atoms with Crippen LogP contribution >= 0.6 is 0 Å². The molecule has 2 atom stereocenters. The summed E-state index contributed by atoms with van der Waals surface area (Å²) >= 11 is 0. The van der Waals surface area contributed by atoms with Gasteiger partial charge >= 0.3 is 0 Å². The molecule has 176 valence electrons. The van der Waals surface area contributed by atoms with E-state index in [-0.39, 0.29) is 29.8 Å². The number of hydrogen-bond acceptors (Lipinski definition) is 8. The summed E-state index contributed by atoms with van der Waals surface area (Å²) in [5.41, 5.74) is 2.42. The predicted octanol–water partition coefficient (Wildman–Crippen LogP) is 3.27. The third kappa shape index (κ3) is 4.38. The van der Waals surface area contributed by atoms with Crippen LogP contribution in [0.3, 0.4) is 0 Å². The molecule has 0 aromatic carbocycles. The summed E-state index contributed by atoms with van der Waals surface area (Å²) in [5.74, 6) is 0.440. The summed E-state index contributed by atoms with van der Waals surface area (Å²) in [6, 6.07) is 5.95. The van der Waals surface area contributed by atoms with Crippen molar-refractivity contribution in [2.24, 2.45) is 5.92 Å². The van der Waals surface area contributed by atoms with E-state index in [4.69, 9.17) is 0 Å². The van der Waals surface area contributed by atoms with Crippen molar-refractivity contribution in [3.8, 4) is 23.4 Å². The molecule has 1 saturated heterocycles. The molecule has 0 radical (unpaired) electrons. The Bertz CT molecular complexity index is 1430. The van der Waals surface area contributed by atoms with Crippen LogP contribution in [0.15, 0.2) is 37.2 Å². The Kier molecular flexibility index (Phi) is 6.02. The van der Waals surface area contributed by atoms with Crippen LogP contribution in [0.5, 0.6) is 0 Å². The summed E-state index contributed by atoms with van der Waals surface area (Å²) in [6.45, 7) is 1.14. The molecule has 35 heavy (non-hydrogen) atoms. The van der Waals surface area contributed by atoms with Crippen molar-refractivity contribution < 1.29 is 8.78 Å². The standard InChI is InChI=1S/C23H20F2N10/c24-20(25)7-16-10-29-23(18(8-27)33-16)34-6-3-14(11-34)19(1-4-26)35-12-15(9-32-35)21-17-2-5-28-22(17)31-13-30-21/h2,5,9-10,12-14,19-20H,1,3,6-7,11H2,(H,28,30,31). The quantitative estimate of drug-likeness (QED) is 0.431. The molecular formula is C23H20F2N10. The molecule has 2 unspecified atom stereocenters. The minimum absolute atomic E-state index is 0.0290. The van der Waals surface area contributed by atoms with Gasteiger partial charge in [-0.2, -0.15) is 15.6 Å². The van der Waals surface area contributed by atoms with Crippen LogP contribution in [0.4, 0.5) is 14.6 Å². The van der Waals surface area contributed by atoms with Crippen molar-refractivity contribution in [3.05, 3.63) is 48.6 Å². The number of halogens is 2. The number of aromatic amines is 1. The highest BCUT2D eigenvalue weighted by Crippen LogP contribution is 2.34. The molecule has 5 heterocycles. The maximum Gasteiger partial charge on any atom is 0.244 e. The minimum atomic E-state index is -2.56. The van der Waals surface area contributed by atoms with E-state index in [1.165, 1.54) is 12.5 Å². The number of fused-ring (bicyclic) bond motifs is 1. The van der Waals surface area contributed by atoms with Gasteiger partial charge in [-0.25, -0.2) is 28.7 Å². The summed E-state index contributed by atoms with van der Waals surface area (Å²) in [6.07, 6.45) is 6.12. The van der Waals surface area contributed by atoms with Crippen molar-refractivity contribution in [1.82, 2.24) is 34.7 Å². The van der Waals surface area contributed by atoms with Crippen LogP contribution in [0.25, 0.3) is 22.3 Å². The van der Waals surface area contributed by atoms with Gasteiger partial charge in [-0.05, 0) is 12.5 Å². The van der Waals surface area contributed by atoms with E-state index in [0.717, 1.165) is 28.7 Å². The van der Waals surface area contributed by atoms with Crippen LogP contribution in [0.1, 0.15) is 30.3 Å². The Morgan fingerprint density at radius 1 is 1.20 bits per heavy atom. The lowest BCUT2D eigenvalue weighted by atomic mass is 9.96. The highest BCUT2D eigenvalue weighted by molar-refractivity contribution is 5.89. The average molecular weight is 474 g/mol. The number of nitriles is 2. The number of H-pyrrole nitrogens is 1. The normalized spacial score (nSPS) is 16.5. The Morgan fingerprint density at radius 2 is 2.09 bits per heavy atom. The van der Waals surface area contributed by atoms with Crippen molar-refractivity contribution in [2.75, 3.05) is 18.0 Å². The highest BCUT2D eigenvalue weighted by atomic mass is 19.3. The van der Waals surface area contributed by atoms with E-state index in [2.05, 4.69) is 36.1 Å². The van der Waals surface area contributed by atoms with Gasteiger partial charge < -0.3 is 9.88 Å². The minimum Gasteiger partial charge on any atom is -0.354 e. The molecule has 0 spiro atoms. The molecule has 12 heteroatoms. The van der Waals surface area contributed by atoms with E-state index in [0.29, 0.717) is 18.9 Å². The molecule has 0 bridgehead atoms. The number of rotatable bonds is 7. The predicted molar refractivity (Wildman–Crippen MR) is 121 cm³/mol. The summed E-state index contributed by atoms with van der Waals surface area (Å²) in [4.78, 5) is 22.0. The zero-order valence-electron chi connectivity index (χ0n) is 18.5. The smallest absolute Gasteiger partial charge is 0.244 e. The van der Waals surface area contributed by atoms with Gasteiger partial charge in [0.25, 0.3) is 0 Å². The van der Waals surface area contributed by atoms with Crippen LogP contribution in [-0.2, 0) is 6.42 Å². The number of aromatic nitrogens is 7. The zero-order valence-corrected chi connectivity index (χ0v) is 18.5. The SMILES string of the molecule is N#CCC(C1CCN(c2ncc(CC(F)F)nc2C#N)C1)n1cc(-c2ncnc3[nH]ccc23)cn1. The fourth-order valence-electron chi connectivity index (χ4n) is 4.59. The largest absolute Gasteiger partial charge is 0.354 e. The average Bonchev–Trinajstić information content (AvgIpc) is 3.62. The van der Waals surface area contributed by atoms with E-state index in [1.807, 2.05) is 23.2 Å². The third-order valence-corrected chi connectivity index (χ3v) is 6.21. The molecule has 0 aliphatic carbocycles. The van der Waals surface area contributed by atoms with Gasteiger partial charge in [0.1, 0.15) is 18.0 Å². The number of nitrogens with zero attached hydrogens (tertiary/aromatic N) is 9. The molecule has 10 nitrogen and oxygen atoms in total. The maximum absolute atomic E-state index is 12.7. The van der Waals surface area contributed by atoms with Crippen molar-refractivity contribution in [2.45, 2.75) is 31.7 Å². The monoisotopic (exact) mass is 474 g/mol. The molecule has 1 N–H and O–H groups in total. The Balaban J connectivity index is 1.38. The van der Waals surface area contributed by atoms with Gasteiger partial charge in [0, 0.05) is 42.4 Å². The van der Waals surface area contributed by atoms with Gasteiger partial charge in [0.05, 0.1) is 48.7 Å². The molecule has 5 rings (SSSR count). The number of hydrogen-bond donors (Lipinski definition) is 1. The zero-order chi connectivity index (χ0) is 24.4. The lowest BCUT2D eigenvalue weighted by molar-refractivity contribution is 0.147. The number of anilines is 1. The molecule has 1 aliphatic heterocycles. The molecule has 4 aromatic rings. The first-order valence-electron chi connectivity index (χ1n) is 11.1. The van der Waals surface area contributed by atoms with Gasteiger partial charge in [-0.3, -0.25) is 4.68 Å². The molecule has 0 amide bonds. The second-order valence-electron chi connectivity index (χ2n) is 8.34. The van der Waals surface area contributed by atoms with E-state index >= 15 is 0 Å². The molecule has 1 aliphatic rings. The van der Waals surface area contributed by atoms with Gasteiger partial charge in [-0.1, -0.05) is 0 Å². The number of alkyl halides is 2. The van der Waals surface area contributed by atoms with Crippen LogP contribution in [-0.4, -0.2) is 54.2 Å². The van der Waals surface area contributed by atoms with Gasteiger partial charge in [0.15, 0.2) is 11.5 Å². The lowest BCUT2D eigenvalue weighted by Crippen LogP contribution is -2.26. The first-order chi connectivity index (χ1) is 17.1. The van der Waals surface area contributed by atoms with Crippen LogP contribution < -0.4 is 4.90 Å². The first-order valence-corrected chi connectivity index (χ1v) is 11.1. The van der Waals surface area contributed by atoms with E-state index in [9.17, 15) is 19.3 Å². The lowest BCUT2D eigenvalue weighted by Gasteiger charge is -2.23. The first kappa shape index (κ1) is 22.3. The molecule has 4 aromatic heterocycles. The Morgan fingerprint density at radius 3 is 2.89 bits per heavy atom. The van der Waals surface area contributed by atoms with E-state index in [1.54, 1.807) is 17.1 Å². The second kappa shape index (κ2) is 9.43. The summed E-state index contributed by atoms with van der Waals surface area (Å²) < 4.78 is 27.2. The van der Waals surface area contributed by atoms with Crippen LogP contribution in [0, 0.1) is 28.6 Å². The maximum atomic E-state index is 12.7. The van der Waals surface area contributed by atoms with Crippen molar-refractivity contribution >= 4 is 16.9 Å². The van der Waals surface area contributed by atoms with Gasteiger partial charge in [-0.15, -0.1) is 0 Å². The molecule has 0 saturated carbocycles. The Labute approximate surface area is 198 Å². The molecular weight excluding hydrogens is 454 g/mol.